The van der Waals surface area contributed by atoms with E-state index >= 15 is 0 Å². The fourth-order valence-electron chi connectivity index (χ4n) is 3.29. The lowest BCUT2D eigenvalue weighted by Crippen LogP contribution is -2.04. The minimum Gasteiger partial charge on any atom is -0.240 e. The van der Waals surface area contributed by atoms with Gasteiger partial charge in [0.1, 0.15) is 5.82 Å². The quantitative estimate of drug-likeness (QED) is 0.672. The van der Waals surface area contributed by atoms with Crippen LogP contribution >= 0.6 is 11.6 Å². The van der Waals surface area contributed by atoms with Gasteiger partial charge in [0.15, 0.2) is 0 Å². The second kappa shape index (κ2) is 6.45. The van der Waals surface area contributed by atoms with Crippen LogP contribution in [-0.4, -0.2) is 9.97 Å². The first-order valence-electron chi connectivity index (χ1n) is 8.60. The van der Waals surface area contributed by atoms with E-state index in [9.17, 15) is 0 Å². The Morgan fingerprint density at radius 3 is 2.70 bits per heavy atom. The van der Waals surface area contributed by atoms with Crippen LogP contribution in [0, 0.1) is 0 Å². The molecule has 0 atom stereocenters. The van der Waals surface area contributed by atoms with Gasteiger partial charge in [-0.25, -0.2) is 9.97 Å². The smallest absolute Gasteiger partial charge is 0.131 e. The summed E-state index contributed by atoms with van der Waals surface area (Å²) in [6.07, 6.45) is 12.8. The van der Waals surface area contributed by atoms with E-state index in [1.807, 2.05) is 24.4 Å². The van der Waals surface area contributed by atoms with Gasteiger partial charge in [-0.05, 0) is 44.6 Å². The molecule has 2 aromatic rings. The summed E-state index contributed by atoms with van der Waals surface area (Å²) >= 11 is 6.42. The Balaban J connectivity index is 1.75. The number of halogens is 1. The summed E-state index contributed by atoms with van der Waals surface area (Å²) in [4.78, 5) is 9.56. The molecule has 0 radical (unpaired) electrons. The number of rotatable bonds is 4. The topological polar surface area (TPSA) is 25.8 Å². The van der Waals surface area contributed by atoms with E-state index in [1.165, 1.54) is 44.1 Å². The zero-order valence-corrected chi connectivity index (χ0v) is 14.0. The van der Waals surface area contributed by atoms with E-state index in [4.69, 9.17) is 16.6 Å². The third-order valence-electron chi connectivity index (χ3n) is 4.77. The maximum absolute atomic E-state index is 6.42. The van der Waals surface area contributed by atoms with Crippen molar-refractivity contribution in [3.63, 3.8) is 0 Å². The first-order chi connectivity index (χ1) is 11.3. The van der Waals surface area contributed by atoms with E-state index in [1.54, 1.807) is 0 Å². The maximum atomic E-state index is 6.42. The minimum absolute atomic E-state index is 0.578. The summed E-state index contributed by atoms with van der Waals surface area (Å²) in [5.74, 6) is 1.60. The van der Waals surface area contributed by atoms with Gasteiger partial charge >= 0.3 is 0 Å². The molecule has 4 rings (SSSR count). The van der Waals surface area contributed by atoms with Crippen molar-refractivity contribution in [1.29, 1.82) is 0 Å². The lowest BCUT2D eigenvalue weighted by atomic mass is 9.93. The molecule has 1 aromatic carbocycles. The van der Waals surface area contributed by atoms with Crippen LogP contribution in [-0.2, 0) is 6.42 Å². The highest BCUT2D eigenvalue weighted by Gasteiger charge is 2.27. The second-order valence-electron chi connectivity index (χ2n) is 6.63. The first-order valence-corrected chi connectivity index (χ1v) is 8.97. The van der Waals surface area contributed by atoms with Gasteiger partial charge in [-0.1, -0.05) is 41.4 Å². The number of hydrogen-bond acceptors (Lipinski definition) is 2. The van der Waals surface area contributed by atoms with Gasteiger partial charge in [0.2, 0.25) is 0 Å². The number of aromatic nitrogens is 2. The summed E-state index contributed by atoms with van der Waals surface area (Å²) in [5, 5.41) is 0.772. The van der Waals surface area contributed by atoms with Crippen LogP contribution in [0.3, 0.4) is 0 Å². The van der Waals surface area contributed by atoms with Crippen LogP contribution < -0.4 is 0 Å². The zero-order valence-electron chi connectivity index (χ0n) is 13.3. The molecule has 0 N–H and O–H groups in total. The molecule has 0 amide bonds. The molecule has 1 aromatic heterocycles. The standard InChI is InChI=1S/C20H21ClN2/c21-18-9-5-4-8-16(18)17-13-22-20(15-10-11-15)23-19(17)12-14-6-2-1-3-7-14/h4-6,8-9,13,15H,1-3,7,10-12H2. The van der Waals surface area contributed by atoms with E-state index in [2.05, 4.69) is 17.1 Å². The van der Waals surface area contributed by atoms with Gasteiger partial charge in [0, 0.05) is 34.7 Å². The Labute approximate surface area is 142 Å². The van der Waals surface area contributed by atoms with E-state index in [-0.39, 0.29) is 0 Å². The number of nitrogens with zero attached hydrogens (tertiary/aromatic N) is 2. The van der Waals surface area contributed by atoms with Crippen LogP contribution in [0.25, 0.3) is 11.1 Å². The Kier molecular flexibility index (Phi) is 4.17. The van der Waals surface area contributed by atoms with Gasteiger partial charge in [-0.15, -0.1) is 0 Å². The Hall–Kier alpha value is -1.67. The van der Waals surface area contributed by atoms with E-state index in [0.29, 0.717) is 5.92 Å². The normalized spacial score (nSPS) is 17.9. The second-order valence-corrected chi connectivity index (χ2v) is 7.03. The molecule has 1 saturated carbocycles. The van der Waals surface area contributed by atoms with Crippen molar-refractivity contribution in [3.8, 4) is 11.1 Å². The number of allylic oxidation sites excluding steroid dienone is 2. The molecular formula is C20H21ClN2. The molecule has 0 bridgehead atoms. The van der Waals surface area contributed by atoms with Crippen LogP contribution in [0.1, 0.15) is 56.0 Å². The molecular weight excluding hydrogens is 304 g/mol. The number of benzene rings is 1. The largest absolute Gasteiger partial charge is 0.240 e. The molecule has 1 heterocycles. The summed E-state index contributed by atoms with van der Waals surface area (Å²) in [7, 11) is 0. The molecule has 3 heteroatoms. The monoisotopic (exact) mass is 324 g/mol. The average molecular weight is 325 g/mol. The van der Waals surface area contributed by atoms with Gasteiger partial charge in [-0.3, -0.25) is 0 Å². The zero-order chi connectivity index (χ0) is 15.6. The molecule has 2 nitrogen and oxygen atoms in total. The van der Waals surface area contributed by atoms with Crippen molar-refractivity contribution in [2.24, 2.45) is 0 Å². The molecule has 0 unspecified atom stereocenters. The molecule has 23 heavy (non-hydrogen) atoms. The molecule has 0 saturated heterocycles. The van der Waals surface area contributed by atoms with Crippen molar-refractivity contribution < 1.29 is 0 Å². The molecule has 1 fully saturated rings. The van der Waals surface area contributed by atoms with Gasteiger partial charge in [-0.2, -0.15) is 0 Å². The SMILES string of the molecule is Clc1ccccc1-c1cnc(C2CC2)nc1CC1=CCCCC1. The average Bonchev–Trinajstić information content (AvgIpc) is 3.42. The molecule has 118 valence electrons. The summed E-state index contributed by atoms with van der Waals surface area (Å²) < 4.78 is 0. The Bertz CT molecular complexity index is 747. The lowest BCUT2D eigenvalue weighted by Gasteiger charge is -2.16. The van der Waals surface area contributed by atoms with E-state index < -0.39 is 0 Å². The van der Waals surface area contributed by atoms with Crippen LogP contribution in [0.4, 0.5) is 0 Å². The first kappa shape index (κ1) is 14.9. The highest BCUT2D eigenvalue weighted by atomic mass is 35.5. The van der Waals surface area contributed by atoms with Gasteiger partial charge < -0.3 is 0 Å². The molecule has 0 aliphatic heterocycles. The van der Waals surface area contributed by atoms with Crippen molar-refractivity contribution in [2.75, 3.05) is 0 Å². The Morgan fingerprint density at radius 1 is 1.09 bits per heavy atom. The van der Waals surface area contributed by atoms with E-state index in [0.717, 1.165) is 34.1 Å². The predicted octanol–water partition coefficient (Wildman–Crippen LogP) is 5.72. The van der Waals surface area contributed by atoms with Crippen molar-refractivity contribution in [3.05, 3.63) is 58.7 Å². The van der Waals surface area contributed by atoms with Crippen LogP contribution in [0.15, 0.2) is 42.1 Å². The fourth-order valence-corrected chi connectivity index (χ4v) is 3.53. The van der Waals surface area contributed by atoms with Crippen LogP contribution in [0.5, 0.6) is 0 Å². The third-order valence-corrected chi connectivity index (χ3v) is 5.10. The molecule has 2 aliphatic rings. The summed E-state index contributed by atoms with van der Waals surface area (Å²) in [5.41, 5.74) is 4.79. The predicted molar refractivity (Wildman–Crippen MR) is 94.7 cm³/mol. The maximum Gasteiger partial charge on any atom is 0.131 e. The van der Waals surface area contributed by atoms with Gasteiger partial charge in [0.25, 0.3) is 0 Å². The molecule has 0 spiro atoms. The molecule has 2 aliphatic carbocycles. The fraction of sp³-hybridized carbons (Fsp3) is 0.400. The highest BCUT2D eigenvalue weighted by Crippen LogP contribution is 2.39. The summed E-state index contributed by atoms with van der Waals surface area (Å²) in [6, 6.07) is 8.00. The summed E-state index contributed by atoms with van der Waals surface area (Å²) in [6.45, 7) is 0. The van der Waals surface area contributed by atoms with Crippen molar-refractivity contribution in [2.45, 2.75) is 50.9 Å². The van der Waals surface area contributed by atoms with Crippen molar-refractivity contribution in [1.82, 2.24) is 9.97 Å². The Morgan fingerprint density at radius 2 is 1.96 bits per heavy atom. The van der Waals surface area contributed by atoms with Gasteiger partial charge in [0.05, 0.1) is 5.69 Å². The minimum atomic E-state index is 0.578. The number of hydrogen-bond donors (Lipinski definition) is 0. The van der Waals surface area contributed by atoms with Crippen molar-refractivity contribution >= 4 is 11.6 Å². The highest BCUT2D eigenvalue weighted by molar-refractivity contribution is 6.33. The van der Waals surface area contributed by atoms with Crippen LogP contribution in [0.2, 0.25) is 5.02 Å². The lowest BCUT2D eigenvalue weighted by molar-refractivity contribution is 0.684. The third kappa shape index (κ3) is 3.32.